The van der Waals surface area contributed by atoms with Gasteiger partial charge in [-0.2, -0.15) is 0 Å². The van der Waals surface area contributed by atoms with E-state index in [0.717, 1.165) is 5.00 Å². The second kappa shape index (κ2) is 5.20. The molecule has 1 aliphatic heterocycles. The largest absolute Gasteiger partial charge is 0.477 e. The van der Waals surface area contributed by atoms with Gasteiger partial charge in [-0.25, -0.2) is 9.64 Å². The second-order valence-electron chi connectivity index (χ2n) is 3.42. The zero-order valence-corrected chi connectivity index (χ0v) is 11.7. The highest BCUT2D eigenvalue weighted by Crippen LogP contribution is 2.43. The Hall–Kier alpha value is -0.850. The number of halogens is 1. The molecule has 5 nitrogen and oxygen atoms in total. The third-order valence-electron chi connectivity index (χ3n) is 2.41. The first-order valence-corrected chi connectivity index (χ1v) is 6.80. The SMILES string of the molecule is [C-]#[N+]c1c(N2CCOCC2)sc(C(=O)O)c1I. The van der Waals surface area contributed by atoms with E-state index in [2.05, 4.69) is 4.85 Å². The van der Waals surface area contributed by atoms with Crippen LogP contribution in [0.2, 0.25) is 0 Å². The van der Waals surface area contributed by atoms with E-state index in [-0.39, 0.29) is 4.88 Å². The predicted octanol–water partition coefficient (Wildman–Crippen LogP) is 2.44. The maximum Gasteiger partial charge on any atom is 0.345 e. The van der Waals surface area contributed by atoms with E-state index in [1.807, 2.05) is 27.5 Å². The fourth-order valence-corrected chi connectivity index (χ4v) is 3.75. The van der Waals surface area contributed by atoms with Crippen molar-refractivity contribution >= 4 is 50.6 Å². The van der Waals surface area contributed by atoms with E-state index < -0.39 is 5.97 Å². The summed E-state index contributed by atoms with van der Waals surface area (Å²) in [5.41, 5.74) is 0.454. The number of carbonyl (C=O) groups is 1. The molecule has 2 heterocycles. The molecule has 1 fully saturated rings. The van der Waals surface area contributed by atoms with Gasteiger partial charge in [0.25, 0.3) is 0 Å². The zero-order valence-electron chi connectivity index (χ0n) is 8.77. The molecule has 0 spiro atoms. The number of anilines is 1. The summed E-state index contributed by atoms with van der Waals surface area (Å²) in [7, 11) is 0. The molecule has 1 N–H and O–H groups in total. The molecular weight excluding hydrogens is 355 g/mol. The van der Waals surface area contributed by atoms with Gasteiger partial charge >= 0.3 is 5.97 Å². The Morgan fingerprint density at radius 1 is 1.53 bits per heavy atom. The molecule has 1 aliphatic rings. The maximum atomic E-state index is 11.0. The van der Waals surface area contributed by atoms with Gasteiger partial charge in [-0.1, -0.05) is 22.6 Å². The first-order chi connectivity index (χ1) is 8.15. The van der Waals surface area contributed by atoms with Crippen LogP contribution in [0.15, 0.2) is 0 Å². The number of carboxylic acids is 1. The van der Waals surface area contributed by atoms with Crippen molar-refractivity contribution in [2.75, 3.05) is 31.2 Å². The Labute approximate surface area is 116 Å². The van der Waals surface area contributed by atoms with Gasteiger partial charge in [-0.3, -0.25) is 0 Å². The van der Waals surface area contributed by atoms with Crippen molar-refractivity contribution in [1.29, 1.82) is 0 Å². The monoisotopic (exact) mass is 364 g/mol. The Bertz CT molecular complexity index is 488. The van der Waals surface area contributed by atoms with Crippen LogP contribution in [-0.4, -0.2) is 37.4 Å². The molecule has 0 saturated carbocycles. The lowest BCUT2D eigenvalue weighted by Gasteiger charge is -2.27. The van der Waals surface area contributed by atoms with Crippen LogP contribution in [0.5, 0.6) is 0 Å². The fourth-order valence-electron chi connectivity index (χ4n) is 1.61. The molecular formula is C10H9IN2O3S. The Morgan fingerprint density at radius 2 is 2.18 bits per heavy atom. The molecule has 1 aromatic rings. The fraction of sp³-hybridized carbons (Fsp3) is 0.400. The summed E-state index contributed by atoms with van der Waals surface area (Å²) in [6.07, 6.45) is 0. The van der Waals surface area contributed by atoms with Gasteiger partial charge < -0.3 is 14.7 Å². The summed E-state index contributed by atoms with van der Waals surface area (Å²) >= 11 is 3.11. The van der Waals surface area contributed by atoms with Crippen LogP contribution in [0.1, 0.15) is 9.67 Å². The molecule has 0 amide bonds. The van der Waals surface area contributed by atoms with E-state index in [4.69, 9.17) is 16.4 Å². The number of hydrogen-bond donors (Lipinski definition) is 1. The lowest BCUT2D eigenvalue weighted by Crippen LogP contribution is -2.35. The van der Waals surface area contributed by atoms with E-state index in [1.54, 1.807) is 0 Å². The number of rotatable bonds is 2. The summed E-state index contributed by atoms with van der Waals surface area (Å²) in [4.78, 5) is 16.8. The lowest BCUT2D eigenvalue weighted by atomic mass is 10.3. The molecule has 7 heteroatoms. The Kier molecular flexibility index (Phi) is 3.86. The molecule has 90 valence electrons. The minimum atomic E-state index is -0.969. The summed E-state index contributed by atoms with van der Waals surface area (Å²) in [6.45, 7) is 9.83. The van der Waals surface area contributed by atoms with Crippen molar-refractivity contribution in [2.24, 2.45) is 0 Å². The molecule has 0 radical (unpaired) electrons. The second-order valence-corrected chi connectivity index (χ2v) is 5.49. The van der Waals surface area contributed by atoms with Gasteiger partial charge in [0.15, 0.2) is 0 Å². The Morgan fingerprint density at radius 3 is 2.71 bits per heavy atom. The number of thiophene rings is 1. The maximum absolute atomic E-state index is 11.0. The first kappa shape index (κ1) is 12.6. The molecule has 0 aliphatic carbocycles. The van der Waals surface area contributed by atoms with Crippen molar-refractivity contribution in [3.8, 4) is 0 Å². The molecule has 0 atom stereocenters. The minimum Gasteiger partial charge on any atom is -0.477 e. The number of morpholine rings is 1. The van der Waals surface area contributed by atoms with Crippen molar-refractivity contribution in [2.45, 2.75) is 0 Å². The van der Waals surface area contributed by atoms with Crippen LogP contribution >= 0.6 is 33.9 Å². The average molecular weight is 364 g/mol. The summed E-state index contributed by atoms with van der Waals surface area (Å²) in [6, 6.07) is 0. The number of hydrogen-bond acceptors (Lipinski definition) is 4. The topological polar surface area (TPSA) is 54.1 Å². The number of carboxylic acid groups (broad SMARTS) is 1. The number of nitrogens with zero attached hydrogens (tertiary/aromatic N) is 2. The summed E-state index contributed by atoms with van der Waals surface area (Å²) < 4.78 is 5.78. The first-order valence-electron chi connectivity index (χ1n) is 4.91. The van der Waals surface area contributed by atoms with Crippen molar-refractivity contribution in [1.82, 2.24) is 0 Å². The highest BCUT2D eigenvalue weighted by Gasteiger charge is 2.25. The van der Waals surface area contributed by atoms with Gasteiger partial charge in [0, 0.05) is 16.7 Å². The van der Waals surface area contributed by atoms with E-state index in [9.17, 15) is 4.79 Å². The molecule has 1 saturated heterocycles. The van der Waals surface area contributed by atoms with Crippen LogP contribution < -0.4 is 4.90 Å². The smallest absolute Gasteiger partial charge is 0.345 e. The third-order valence-corrected chi connectivity index (χ3v) is 5.06. The summed E-state index contributed by atoms with van der Waals surface area (Å²) in [5.74, 6) is -0.969. The van der Waals surface area contributed by atoms with Gasteiger partial charge in [0.05, 0.1) is 24.8 Å². The number of aromatic carboxylic acids is 1. The number of ether oxygens (including phenoxy) is 1. The third kappa shape index (κ3) is 2.38. The van der Waals surface area contributed by atoms with E-state index >= 15 is 0 Å². The van der Waals surface area contributed by atoms with Crippen LogP contribution in [0.25, 0.3) is 4.85 Å². The lowest BCUT2D eigenvalue weighted by molar-refractivity contribution is 0.0701. The van der Waals surface area contributed by atoms with Crippen molar-refractivity contribution in [3.05, 3.63) is 19.9 Å². The molecule has 0 aromatic carbocycles. The average Bonchev–Trinajstić information content (AvgIpc) is 2.67. The highest BCUT2D eigenvalue weighted by molar-refractivity contribution is 14.1. The molecule has 17 heavy (non-hydrogen) atoms. The predicted molar refractivity (Wildman–Crippen MR) is 73.3 cm³/mol. The van der Waals surface area contributed by atoms with E-state index in [0.29, 0.717) is 35.6 Å². The van der Waals surface area contributed by atoms with Gasteiger partial charge in [0.1, 0.15) is 4.88 Å². The van der Waals surface area contributed by atoms with Crippen LogP contribution in [-0.2, 0) is 4.74 Å². The molecule has 1 aromatic heterocycles. The van der Waals surface area contributed by atoms with Gasteiger partial charge in [-0.15, -0.1) is 11.3 Å². The molecule has 0 unspecified atom stereocenters. The highest BCUT2D eigenvalue weighted by atomic mass is 127. The zero-order chi connectivity index (χ0) is 12.4. The van der Waals surface area contributed by atoms with Crippen molar-refractivity contribution in [3.63, 3.8) is 0 Å². The normalized spacial score (nSPS) is 15.6. The standard InChI is InChI=1S/C10H9IN2O3S/c1-12-7-6(11)8(10(14)15)17-9(7)13-2-4-16-5-3-13/h2-5H2,(H,14,15). The van der Waals surface area contributed by atoms with Gasteiger partial charge in [-0.05, 0) is 0 Å². The van der Waals surface area contributed by atoms with Crippen molar-refractivity contribution < 1.29 is 14.6 Å². The van der Waals surface area contributed by atoms with Crippen LogP contribution in [0.3, 0.4) is 0 Å². The summed E-state index contributed by atoms with van der Waals surface area (Å²) in [5, 5.41) is 9.81. The van der Waals surface area contributed by atoms with Crippen LogP contribution in [0.4, 0.5) is 10.7 Å². The van der Waals surface area contributed by atoms with E-state index in [1.165, 1.54) is 11.3 Å². The molecule has 0 bridgehead atoms. The Balaban J connectivity index is 2.42. The van der Waals surface area contributed by atoms with Gasteiger partial charge in [0.2, 0.25) is 5.69 Å². The minimum absolute atomic E-state index is 0.248. The molecule has 2 rings (SSSR count). The van der Waals surface area contributed by atoms with Crippen LogP contribution in [0, 0.1) is 10.1 Å². The quantitative estimate of drug-likeness (QED) is 0.647.